The van der Waals surface area contributed by atoms with Crippen molar-refractivity contribution in [2.75, 3.05) is 68.7 Å². The molecule has 2 aliphatic heterocycles. The number of carboxylic acids is 1. The molecular weight excluding hydrogens is 961 g/mol. The SMILES string of the molecule is N=C(CCCCCCCN=C(N)N=C(N)N1CCN(c2nc3c(cc2F)c(=O)c(C(=O)O)cn3-c2ccc(F)cc2F)CC1)CC(=N)N1CCN(c2cc3c(cc2F)c(=O)ccn3-c2ccc(F)cc2F)CC1. The predicted octanol–water partition coefficient (Wildman–Crippen LogP) is 6.52. The number of anilines is 2. The van der Waals surface area contributed by atoms with Crippen molar-refractivity contribution >= 4 is 62.9 Å². The van der Waals surface area contributed by atoms with Gasteiger partial charge in [-0.25, -0.2) is 36.1 Å². The van der Waals surface area contributed by atoms with Crippen LogP contribution >= 0.6 is 0 Å². The second kappa shape index (κ2) is 22.0. The van der Waals surface area contributed by atoms with Crippen LogP contribution in [0, 0.1) is 45.7 Å². The Kier molecular flexibility index (Phi) is 15.4. The minimum absolute atomic E-state index is 0.00830. The van der Waals surface area contributed by atoms with Crippen LogP contribution in [0.15, 0.2) is 92.6 Å². The molecule has 2 fully saturated rings. The normalized spacial score (nSPS) is 14.7. The summed E-state index contributed by atoms with van der Waals surface area (Å²) in [5.74, 6) is -6.45. The van der Waals surface area contributed by atoms with E-state index in [2.05, 4.69) is 15.0 Å². The number of aliphatic imine (C=N–C) groups is 2. The number of piperazine rings is 2. The number of aromatic nitrogens is 3. The summed E-state index contributed by atoms with van der Waals surface area (Å²) in [4.78, 5) is 57.3. The molecule has 17 nitrogen and oxygen atoms in total. The minimum atomic E-state index is -1.62. The summed E-state index contributed by atoms with van der Waals surface area (Å²) in [7, 11) is 0. The number of benzene rings is 3. The first kappa shape index (κ1) is 51.1. The summed E-state index contributed by atoms with van der Waals surface area (Å²) in [6.07, 6.45) is 7.13. The van der Waals surface area contributed by atoms with E-state index >= 15 is 8.78 Å². The maximum atomic E-state index is 15.6. The van der Waals surface area contributed by atoms with E-state index in [1.807, 2.05) is 4.90 Å². The number of pyridine rings is 3. The van der Waals surface area contributed by atoms with Crippen molar-refractivity contribution in [3.63, 3.8) is 0 Å². The van der Waals surface area contributed by atoms with Crippen LogP contribution in [-0.2, 0) is 0 Å². The number of fused-ring (bicyclic) bond motifs is 2. The summed E-state index contributed by atoms with van der Waals surface area (Å²) in [6.45, 7) is 2.90. The lowest BCUT2D eigenvalue weighted by atomic mass is 10.1. The number of nitrogens with two attached hydrogens (primary N) is 2. The number of nitrogens with zero attached hydrogens (tertiary/aromatic N) is 9. The molecule has 2 aliphatic rings. The van der Waals surface area contributed by atoms with Crippen molar-refractivity contribution in [2.45, 2.75) is 44.9 Å². The predicted molar refractivity (Wildman–Crippen MR) is 267 cm³/mol. The van der Waals surface area contributed by atoms with E-state index in [-0.39, 0.29) is 83.9 Å². The number of amidine groups is 1. The van der Waals surface area contributed by atoms with E-state index in [4.69, 9.17) is 22.3 Å². The molecule has 8 rings (SSSR count). The molecule has 2 saturated heterocycles. The number of rotatable bonds is 15. The third-order valence-corrected chi connectivity index (χ3v) is 12.9. The Hall–Kier alpha value is -8.24. The van der Waals surface area contributed by atoms with E-state index < -0.39 is 62.7 Å². The van der Waals surface area contributed by atoms with Gasteiger partial charge < -0.3 is 46.1 Å². The lowest BCUT2D eigenvalue weighted by molar-refractivity contribution is 0.0695. The number of carboxylic acid groups (broad SMARTS) is 1. The van der Waals surface area contributed by atoms with Crippen LogP contribution in [0.4, 0.5) is 37.8 Å². The second-order valence-electron chi connectivity index (χ2n) is 17.7. The molecule has 0 saturated carbocycles. The molecular formula is C50H51F6N13O4. The number of hydrogen-bond donors (Lipinski definition) is 5. The van der Waals surface area contributed by atoms with Crippen molar-refractivity contribution in [3.8, 4) is 11.4 Å². The Morgan fingerprint density at radius 1 is 0.671 bits per heavy atom. The maximum Gasteiger partial charge on any atom is 0.341 e. The highest BCUT2D eigenvalue weighted by atomic mass is 19.2. The van der Waals surface area contributed by atoms with Crippen LogP contribution in [-0.4, -0.2) is 117 Å². The zero-order chi connectivity index (χ0) is 52.1. The summed E-state index contributed by atoms with van der Waals surface area (Å²) < 4.78 is 90.4. The standard InChI is InChI=1S/C50H51F6N13O4/c51-29-7-9-39(35(53)22-29)68-13-11-43(70)32-25-37(55)42(27-41(32)68)64-14-16-65(17-15-64)44(58)24-31(57)6-4-2-1-3-5-12-61-49(59)63-50(60)67-20-18-66(19-21-67)47-38(56)26-33-45(71)34(48(72)73)28-69(46(33)62-47)40-10-8-30(52)23-36(40)54/h7-11,13,22-23,25-28,57-58H,1-6,12,14-21,24H2,(H,72,73)(H4,59,60,61,63). The van der Waals surface area contributed by atoms with Crippen molar-refractivity contribution in [1.29, 1.82) is 10.8 Å². The fraction of sp³-hybridized carbons (Fsp3) is 0.320. The molecule has 7 N–H and O–H groups in total. The first-order valence-corrected chi connectivity index (χ1v) is 23.5. The largest absolute Gasteiger partial charge is 0.477 e. The lowest BCUT2D eigenvalue weighted by Crippen LogP contribution is -2.52. The Morgan fingerprint density at radius 2 is 1.26 bits per heavy atom. The van der Waals surface area contributed by atoms with Gasteiger partial charge in [0, 0.05) is 107 Å². The fourth-order valence-corrected chi connectivity index (χ4v) is 9.00. The van der Waals surface area contributed by atoms with Gasteiger partial charge in [0.15, 0.2) is 28.7 Å². The summed E-state index contributed by atoms with van der Waals surface area (Å²) in [6, 6.07) is 10.4. The number of unbranched alkanes of at least 4 members (excludes halogenated alkanes) is 4. The molecule has 382 valence electrons. The number of carbonyl (C=O) groups is 1. The number of aromatic carboxylic acids is 1. The molecule has 5 heterocycles. The molecule has 0 aliphatic carbocycles. The Morgan fingerprint density at radius 3 is 1.92 bits per heavy atom. The third-order valence-electron chi connectivity index (χ3n) is 12.9. The molecule has 73 heavy (non-hydrogen) atoms. The van der Waals surface area contributed by atoms with Crippen LogP contribution in [0.1, 0.15) is 55.3 Å². The summed E-state index contributed by atoms with van der Waals surface area (Å²) >= 11 is 0. The zero-order valence-electron chi connectivity index (χ0n) is 39.4. The second-order valence-corrected chi connectivity index (χ2v) is 17.7. The van der Waals surface area contributed by atoms with E-state index in [1.54, 1.807) is 14.7 Å². The molecule has 3 aromatic carbocycles. The average Bonchev–Trinajstić information content (AvgIpc) is 3.35. The first-order valence-electron chi connectivity index (χ1n) is 23.5. The molecule has 0 spiro atoms. The van der Waals surface area contributed by atoms with Crippen molar-refractivity contribution in [3.05, 3.63) is 134 Å². The van der Waals surface area contributed by atoms with Crippen molar-refractivity contribution < 1.29 is 36.2 Å². The monoisotopic (exact) mass is 1010 g/mol. The third kappa shape index (κ3) is 11.4. The van der Waals surface area contributed by atoms with Crippen LogP contribution in [0.3, 0.4) is 0 Å². The van der Waals surface area contributed by atoms with E-state index in [9.17, 15) is 37.1 Å². The van der Waals surface area contributed by atoms with E-state index in [0.29, 0.717) is 56.8 Å². The average molecular weight is 1010 g/mol. The van der Waals surface area contributed by atoms with Crippen molar-refractivity contribution in [2.24, 2.45) is 21.5 Å². The number of guanidine groups is 2. The van der Waals surface area contributed by atoms with Gasteiger partial charge in [-0.15, -0.1) is 0 Å². The maximum absolute atomic E-state index is 15.6. The Balaban J connectivity index is 0.748. The van der Waals surface area contributed by atoms with Gasteiger partial charge in [0.2, 0.25) is 11.4 Å². The molecule has 23 heteroatoms. The van der Waals surface area contributed by atoms with Gasteiger partial charge in [0.25, 0.3) is 0 Å². The summed E-state index contributed by atoms with van der Waals surface area (Å²) in [5.41, 5.74) is 10.5. The quantitative estimate of drug-likeness (QED) is 0.0322. The Bertz CT molecular complexity index is 3310. The smallest absolute Gasteiger partial charge is 0.341 e. The fourth-order valence-electron chi connectivity index (χ4n) is 9.00. The van der Waals surface area contributed by atoms with E-state index in [1.165, 1.54) is 29.0 Å². The minimum Gasteiger partial charge on any atom is -0.477 e. The highest BCUT2D eigenvalue weighted by Crippen LogP contribution is 2.29. The van der Waals surface area contributed by atoms with Gasteiger partial charge in [-0.1, -0.05) is 19.3 Å². The van der Waals surface area contributed by atoms with Crippen LogP contribution < -0.4 is 32.1 Å². The van der Waals surface area contributed by atoms with Gasteiger partial charge in [-0.3, -0.25) is 24.6 Å². The first-order chi connectivity index (χ1) is 35.0. The van der Waals surface area contributed by atoms with Gasteiger partial charge in [-0.2, -0.15) is 4.99 Å². The highest BCUT2D eigenvalue weighted by Gasteiger charge is 2.27. The lowest BCUT2D eigenvalue weighted by Gasteiger charge is -2.37. The topological polar surface area (TPSA) is 232 Å². The molecule has 0 amide bonds. The zero-order valence-corrected chi connectivity index (χ0v) is 39.4. The molecule has 6 aromatic rings. The molecule has 0 radical (unpaired) electrons. The molecule has 3 aromatic heterocycles. The van der Waals surface area contributed by atoms with Gasteiger partial charge in [-0.05, 0) is 61.7 Å². The van der Waals surface area contributed by atoms with Crippen LogP contribution in [0.5, 0.6) is 0 Å². The van der Waals surface area contributed by atoms with Crippen LogP contribution in [0.25, 0.3) is 33.3 Å². The highest BCUT2D eigenvalue weighted by molar-refractivity contribution is 6.01. The number of halogens is 6. The number of hydrogen-bond acceptors (Lipinski definition) is 9. The van der Waals surface area contributed by atoms with E-state index in [0.717, 1.165) is 79.3 Å². The molecule has 0 unspecified atom stereocenters. The van der Waals surface area contributed by atoms with Crippen LogP contribution in [0.2, 0.25) is 0 Å². The number of nitrogens with one attached hydrogen (secondary N) is 2. The van der Waals surface area contributed by atoms with Gasteiger partial charge in [0.05, 0.1) is 28.0 Å². The molecule has 0 atom stereocenters. The Labute approximate surface area is 413 Å². The molecule has 0 bridgehead atoms. The van der Waals surface area contributed by atoms with Crippen molar-refractivity contribution in [1.82, 2.24) is 23.9 Å². The van der Waals surface area contributed by atoms with Gasteiger partial charge >= 0.3 is 5.97 Å². The van der Waals surface area contributed by atoms with Gasteiger partial charge in [0.1, 0.15) is 40.5 Å². The summed E-state index contributed by atoms with van der Waals surface area (Å²) in [5, 5.41) is 26.4.